The number of hydrazone groups is 1. The van der Waals surface area contributed by atoms with E-state index >= 15 is 0 Å². The first kappa shape index (κ1) is 20.2. The van der Waals surface area contributed by atoms with E-state index in [1.165, 1.54) is 17.1 Å². The number of halogens is 3. The van der Waals surface area contributed by atoms with E-state index in [2.05, 4.69) is 16.8 Å². The van der Waals surface area contributed by atoms with Gasteiger partial charge < -0.3 is 0 Å². The van der Waals surface area contributed by atoms with Crippen LogP contribution in [-0.2, 0) is 11.3 Å². The lowest BCUT2D eigenvalue weighted by atomic mass is 10.0. The van der Waals surface area contributed by atoms with Crippen LogP contribution in [0.4, 0.5) is 8.78 Å². The molecule has 3 aromatic rings. The number of aromatic nitrogens is 2. The zero-order chi connectivity index (χ0) is 21.3. The Hall–Kier alpha value is -3.06. The van der Waals surface area contributed by atoms with Crippen molar-refractivity contribution in [2.75, 3.05) is 0 Å². The SMILES string of the molecule is C=C(CCCn1cc2cccc(Cl)c2n1)C(=O)N1N=CCC1c1cc(F)cc(F)c1. The molecule has 154 valence electrons. The Bertz CT molecular complexity index is 1140. The molecule has 0 bridgehead atoms. The monoisotopic (exact) mass is 428 g/mol. The van der Waals surface area contributed by atoms with Gasteiger partial charge >= 0.3 is 0 Å². The van der Waals surface area contributed by atoms with Gasteiger partial charge in [0.2, 0.25) is 0 Å². The van der Waals surface area contributed by atoms with E-state index in [1.807, 2.05) is 18.3 Å². The summed E-state index contributed by atoms with van der Waals surface area (Å²) in [6.07, 6.45) is 4.96. The van der Waals surface area contributed by atoms with E-state index in [1.54, 1.807) is 17.0 Å². The predicted octanol–water partition coefficient (Wildman–Crippen LogP) is 5.26. The van der Waals surface area contributed by atoms with Crippen LogP contribution in [0.15, 0.2) is 59.8 Å². The molecule has 1 aromatic heterocycles. The Morgan fingerprint density at radius 1 is 1.23 bits per heavy atom. The molecule has 0 aliphatic carbocycles. The third-order valence-corrected chi connectivity index (χ3v) is 5.32. The maximum absolute atomic E-state index is 13.6. The van der Waals surface area contributed by atoms with Crippen molar-refractivity contribution < 1.29 is 13.6 Å². The lowest BCUT2D eigenvalue weighted by Crippen LogP contribution is -2.28. The number of fused-ring (bicyclic) bond motifs is 1. The minimum Gasteiger partial charge on any atom is -0.271 e. The van der Waals surface area contributed by atoms with E-state index in [0.717, 1.165) is 17.0 Å². The van der Waals surface area contributed by atoms with Gasteiger partial charge in [0, 0.05) is 42.4 Å². The third kappa shape index (κ3) is 4.11. The molecule has 2 aromatic carbocycles. The Morgan fingerprint density at radius 2 is 2.00 bits per heavy atom. The van der Waals surface area contributed by atoms with E-state index in [-0.39, 0.29) is 5.91 Å². The first-order valence-electron chi connectivity index (χ1n) is 9.54. The first-order valence-corrected chi connectivity index (χ1v) is 9.91. The molecule has 0 saturated carbocycles. The van der Waals surface area contributed by atoms with Crippen LogP contribution in [0.3, 0.4) is 0 Å². The van der Waals surface area contributed by atoms with E-state index in [0.29, 0.717) is 42.0 Å². The molecule has 1 aliphatic rings. The van der Waals surface area contributed by atoms with Crippen LogP contribution in [0.2, 0.25) is 5.02 Å². The second-order valence-electron chi connectivity index (χ2n) is 7.18. The molecule has 30 heavy (non-hydrogen) atoms. The van der Waals surface area contributed by atoms with Gasteiger partial charge in [-0.3, -0.25) is 9.48 Å². The van der Waals surface area contributed by atoms with E-state index < -0.39 is 17.7 Å². The fraction of sp³-hybridized carbons (Fsp3) is 0.227. The molecule has 8 heteroatoms. The summed E-state index contributed by atoms with van der Waals surface area (Å²) in [5.41, 5.74) is 1.49. The third-order valence-electron chi connectivity index (χ3n) is 5.01. The summed E-state index contributed by atoms with van der Waals surface area (Å²) < 4.78 is 29.0. The number of nitrogens with zero attached hydrogens (tertiary/aromatic N) is 4. The summed E-state index contributed by atoms with van der Waals surface area (Å²) in [5, 5.41) is 11.4. The van der Waals surface area contributed by atoms with Crippen molar-refractivity contribution in [3.05, 3.63) is 77.0 Å². The number of hydrogen-bond acceptors (Lipinski definition) is 3. The molecule has 1 amide bonds. The molecule has 0 radical (unpaired) electrons. The minimum atomic E-state index is -0.685. The van der Waals surface area contributed by atoms with Crippen LogP contribution >= 0.6 is 11.6 Å². The standard InChI is InChI=1S/C22H19ClF2N4O/c1-14(4-3-9-28-13-15-5-2-6-19(23)21(15)27-28)22(30)29-20(7-8-26-29)16-10-17(24)12-18(25)11-16/h2,5-6,8,10-13,20H,1,3-4,7,9H2. The van der Waals surface area contributed by atoms with Gasteiger partial charge in [0.15, 0.2) is 0 Å². The zero-order valence-corrected chi connectivity index (χ0v) is 16.8. The van der Waals surface area contributed by atoms with Crippen molar-refractivity contribution in [3.63, 3.8) is 0 Å². The van der Waals surface area contributed by atoms with Crippen LogP contribution in [0.1, 0.15) is 30.9 Å². The molecule has 0 spiro atoms. The molecule has 0 fully saturated rings. The molecule has 0 saturated heterocycles. The molecule has 2 heterocycles. The minimum absolute atomic E-state index is 0.355. The van der Waals surface area contributed by atoms with Gasteiger partial charge in [-0.05, 0) is 36.6 Å². The van der Waals surface area contributed by atoms with Crippen LogP contribution in [0, 0.1) is 11.6 Å². The highest BCUT2D eigenvalue weighted by molar-refractivity contribution is 6.35. The van der Waals surface area contributed by atoms with Gasteiger partial charge in [-0.2, -0.15) is 10.2 Å². The van der Waals surface area contributed by atoms with Crippen molar-refractivity contribution in [3.8, 4) is 0 Å². The van der Waals surface area contributed by atoms with E-state index in [4.69, 9.17) is 11.6 Å². The summed E-state index contributed by atoms with van der Waals surface area (Å²) >= 11 is 6.15. The largest absolute Gasteiger partial charge is 0.271 e. The number of hydrogen-bond donors (Lipinski definition) is 0. The maximum Gasteiger partial charge on any atom is 0.269 e. The molecule has 1 atom stereocenters. The van der Waals surface area contributed by atoms with Gasteiger partial charge in [0.25, 0.3) is 5.91 Å². The zero-order valence-electron chi connectivity index (χ0n) is 16.1. The lowest BCUT2D eigenvalue weighted by molar-refractivity contribution is -0.129. The Morgan fingerprint density at radius 3 is 2.73 bits per heavy atom. The summed E-state index contributed by atoms with van der Waals surface area (Å²) in [4.78, 5) is 12.8. The molecule has 5 nitrogen and oxygen atoms in total. The van der Waals surface area contributed by atoms with E-state index in [9.17, 15) is 13.6 Å². The number of amides is 1. The smallest absolute Gasteiger partial charge is 0.269 e. The highest BCUT2D eigenvalue weighted by Crippen LogP contribution is 2.31. The molecule has 1 unspecified atom stereocenters. The molecular formula is C22H19ClF2N4O. The second kappa shape index (κ2) is 8.36. The van der Waals surface area contributed by atoms with Crippen LogP contribution in [0.5, 0.6) is 0 Å². The predicted molar refractivity (Wildman–Crippen MR) is 112 cm³/mol. The normalized spacial score (nSPS) is 15.8. The molecule has 4 rings (SSSR count). The average molecular weight is 429 g/mol. The van der Waals surface area contributed by atoms with Crippen molar-refractivity contribution in [2.24, 2.45) is 5.10 Å². The lowest BCUT2D eigenvalue weighted by Gasteiger charge is -2.23. The van der Waals surface area contributed by atoms with Crippen molar-refractivity contribution in [1.82, 2.24) is 14.8 Å². The first-order chi connectivity index (χ1) is 14.4. The van der Waals surface area contributed by atoms with Crippen LogP contribution in [-0.4, -0.2) is 26.9 Å². The number of carbonyl (C=O) groups excluding carboxylic acids is 1. The number of aryl methyl sites for hydroxylation is 1. The fourth-order valence-corrected chi connectivity index (χ4v) is 3.77. The fourth-order valence-electron chi connectivity index (χ4n) is 3.55. The van der Waals surface area contributed by atoms with Crippen LogP contribution < -0.4 is 0 Å². The number of carbonyl (C=O) groups is 1. The topological polar surface area (TPSA) is 50.5 Å². The van der Waals surface area contributed by atoms with Gasteiger partial charge in [-0.25, -0.2) is 13.8 Å². The Balaban J connectivity index is 1.38. The number of benzene rings is 2. The quantitative estimate of drug-likeness (QED) is 0.502. The van der Waals surface area contributed by atoms with Crippen molar-refractivity contribution in [1.29, 1.82) is 0 Å². The summed E-state index contributed by atoms with van der Waals surface area (Å²) in [7, 11) is 0. The summed E-state index contributed by atoms with van der Waals surface area (Å²) in [6.45, 7) is 4.48. The molecular weight excluding hydrogens is 410 g/mol. The molecule has 1 aliphatic heterocycles. The number of rotatable bonds is 6. The Kier molecular flexibility index (Phi) is 5.63. The Labute approximate surface area is 177 Å². The van der Waals surface area contributed by atoms with Gasteiger partial charge in [0.1, 0.15) is 17.2 Å². The van der Waals surface area contributed by atoms with Crippen molar-refractivity contribution in [2.45, 2.75) is 31.8 Å². The summed E-state index contributed by atoms with van der Waals surface area (Å²) in [6, 6.07) is 8.30. The van der Waals surface area contributed by atoms with Gasteiger partial charge in [-0.1, -0.05) is 30.3 Å². The maximum atomic E-state index is 13.6. The second-order valence-corrected chi connectivity index (χ2v) is 7.59. The highest BCUT2D eigenvalue weighted by atomic mass is 35.5. The highest BCUT2D eigenvalue weighted by Gasteiger charge is 2.30. The van der Waals surface area contributed by atoms with Gasteiger partial charge in [0.05, 0.1) is 11.1 Å². The molecule has 0 N–H and O–H groups in total. The summed E-state index contributed by atoms with van der Waals surface area (Å²) in [5.74, 6) is -1.73. The van der Waals surface area contributed by atoms with Gasteiger partial charge in [-0.15, -0.1) is 0 Å². The van der Waals surface area contributed by atoms with Crippen LogP contribution in [0.25, 0.3) is 10.9 Å². The average Bonchev–Trinajstić information content (AvgIpc) is 3.34. The van der Waals surface area contributed by atoms with Crippen molar-refractivity contribution >= 4 is 34.6 Å².